The van der Waals surface area contributed by atoms with Gasteiger partial charge in [0.05, 0.1) is 0 Å². The van der Waals surface area contributed by atoms with E-state index in [1.54, 1.807) is 19.0 Å². The zero-order chi connectivity index (χ0) is 19.0. The largest absolute Gasteiger partial charge is 0.345 e. The fourth-order valence-corrected chi connectivity index (χ4v) is 4.33. The monoisotopic (exact) mass is 362 g/mol. The number of nitrogens with zero attached hydrogens (tertiary/aromatic N) is 2. The highest BCUT2D eigenvalue weighted by atomic mass is 16.2. The molecule has 0 N–H and O–H groups in total. The van der Waals surface area contributed by atoms with Gasteiger partial charge in [-0.05, 0) is 48.4 Å². The summed E-state index contributed by atoms with van der Waals surface area (Å²) in [5, 5.41) is 0. The van der Waals surface area contributed by atoms with Crippen LogP contribution in [0.15, 0.2) is 41.3 Å². The first-order chi connectivity index (χ1) is 13.0. The van der Waals surface area contributed by atoms with Crippen molar-refractivity contribution >= 4 is 12.0 Å². The van der Waals surface area contributed by atoms with Crippen molar-refractivity contribution in [3.8, 4) is 11.1 Å². The number of carbonyl (C=O) groups is 1. The standard InChI is InChI=1S/C23H26N2O2/c1-24(2)22(26)18-10-5-9-17(13-18)21-15-25(14-16-7-3-4-8-16)23(27)20-12-6-11-19(20)21/h5-6,9-11,13,15-16H,3-4,7-8,12,14H2,1-2H3. The molecule has 1 aromatic carbocycles. The molecule has 1 saturated carbocycles. The number of aromatic nitrogens is 1. The molecule has 1 aromatic heterocycles. The zero-order valence-electron chi connectivity index (χ0n) is 16.1. The van der Waals surface area contributed by atoms with Gasteiger partial charge in [0.2, 0.25) is 0 Å². The van der Waals surface area contributed by atoms with Crippen LogP contribution in [0.3, 0.4) is 0 Å². The average molecular weight is 362 g/mol. The van der Waals surface area contributed by atoms with Crippen LogP contribution in [0.2, 0.25) is 0 Å². The molecule has 4 rings (SSSR count). The number of benzene rings is 1. The molecular weight excluding hydrogens is 336 g/mol. The summed E-state index contributed by atoms with van der Waals surface area (Å²) in [6.45, 7) is 0.801. The Morgan fingerprint density at radius 2 is 2.00 bits per heavy atom. The normalized spacial score (nSPS) is 15.9. The highest BCUT2D eigenvalue weighted by Crippen LogP contribution is 2.31. The van der Waals surface area contributed by atoms with E-state index in [-0.39, 0.29) is 11.5 Å². The first-order valence-electron chi connectivity index (χ1n) is 9.79. The van der Waals surface area contributed by atoms with Crippen molar-refractivity contribution in [3.63, 3.8) is 0 Å². The number of carbonyl (C=O) groups excluding carboxylic acids is 1. The molecule has 0 bridgehead atoms. The molecule has 140 valence electrons. The Hall–Kier alpha value is -2.62. The minimum absolute atomic E-state index is 0.0108. The van der Waals surface area contributed by atoms with Gasteiger partial charge < -0.3 is 9.47 Å². The molecule has 4 heteroatoms. The second-order valence-electron chi connectivity index (χ2n) is 7.93. The lowest BCUT2D eigenvalue weighted by atomic mass is 9.97. The van der Waals surface area contributed by atoms with Crippen LogP contribution in [0.5, 0.6) is 0 Å². The van der Waals surface area contributed by atoms with Gasteiger partial charge in [-0.3, -0.25) is 9.59 Å². The van der Waals surface area contributed by atoms with E-state index in [1.807, 2.05) is 41.1 Å². The molecule has 0 spiro atoms. The van der Waals surface area contributed by atoms with Gasteiger partial charge in [-0.2, -0.15) is 0 Å². The molecule has 1 fully saturated rings. The van der Waals surface area contributed by atoms with Gasteiger partial charge >= 0.3 is 0 Å². The maximum absolute atomic E-state index is 13.0. The second kappa shape index (κ2) is 7.18. The summed E-state index contributed by atoms with van der Waals surface area (Å²) in [6, 6.07) is 7.73. The fraction of sp³-hybridized carbons (Fsp3) is 0.391. The SMILES string of the molecule is CN(C)C(=O)c1cccc(-c2cn(CC3CCCC3)c(=O)c3c2C=CC3)c1. The number of fused-ring (bicyclic) bond motifs is 1. The maximum atomic E-state index is 13.0. The number of hydrogen-bond acceptors (Lipinski definition) is 2. The molecule has 1 amide bonds. The van der Waals surface area contributed by atoms with Crippen molar-refractivity contribution in [2.24, 2.45) is 5.92 Å². The summed E-state index contributed by atoms with van der Waals surface area (Å²) < 4.78 is 1.91. The predicted octanol–water partition coefficient (Wildman–Crippen LogP) is 3.98. The lowest BCUT2D eigenvalue weighted by Crippen LogP contribution is -2.26. The number of allylic oxidation sites excluding steroid dienone is 1. The van der Waals surface area contributed by atoms with Crippen LogP contribution in [0, 0.1) is 5.92 Å². The highest BCUT2D eigenvalue weighted by Gasteiger charge is 2.21. The zero-order valence-corrected chi connectivity index (χ0v) is 16.1. The Bertz CT molecular complexity index is 963. The van der Waals surface area contributed by atoms with E-state index >= 15 is 0 Å². The molecule has 1 heterocycles. The Morgan fingerprint density at radius 1 is 1.22 bits per heavy atom. The highest BCUT2D eigenvalue weighted by molar-refractivity contribution is 5.95. The minimum atomic E-state index is -0.0108. The van der Waals surface area contributed by atoms with Crippen LogP contribution in [0.25, 0.3) is 17.2 Å². The lowest BCUT2D eigenvalue weighted by molar-refractivity contribution is 0.0827. The van der Waals surface area contributed by atoms with Gasteiger partial charge in [-0.1, -0.05) is 37.1 Å². The van der Waals surface area contributed by atoms with Gasteiger partial charge in [0.15, 0.2) is 0 Å². The predicted molar refractivity (Wildman–Crippen MR) is 109 cm³/mol. The third kappa shape index (κ3) is 3.36. The van der Waals surface area contributed by atoms with Crippen molar-refractivity contribution in [1.29, 1.82) is 0 Å². The summed E-state index contributed by atoms with van der Waals surface area (Å²) in [6.07, 6.45) is 11.8. The first kappa shape index (κ1) is 17.8. The van der Waals surface area contributed by atoms with Crippen LogP contribution in [-0.4, -0.2) is 29.5 Å². The van der Waals surface area contributed by atoms with Gasteiger partial charge in [-0.15, -0.1) is 0 Å². The Kier molecular flexibility index (Phi) is 4.73. The quantitative estimate of drug-likeness (QED) is 0.826. The van der Waals surface area contributed by atoms with Crippen LogP contribution in [0.1, 0.15) is 47.2 Å². The molecule has 27 heavy (non-hydrogen) atoms. The number of rotatable bonds is 4. The van der Waals surface area contributed by atoms with E-state index in [4.69, 9.17) is 0 Å². The van der Waals surface area contributed by atoms with Crippen LogP contribution in [0.4, 0.5) is 0 Å². The van der Waals surface area contributed by atoms with E-state index in [2.05, 4.69) is 6.08 Å². The first-order valence-corrected chi connectivity index (χ1v) is 9.79. The van der Waals surface area contributed by atoms with Crippen LogP contribution >= 0.6 is 0 Å². The van der Waals surface area contributed by atoms with Gasteiger partial charge in [0, 0.05) is 43.5 Å². The molecule has 2 aliphatic rings. The summed E-state index contributed by atoms with van der Waals surface area (Å²) in [7, 11) is 3.52. The smallest absolute Gasteiger partial charge is 0.254 e. The van der Waals surface area contributed by atoms with Gasteiger partial charge in [-0.25, -0.2) is 0 Å². The Labute approximate surface area is 160 Å². The Balaban J connectivity index is 1.79. The van der Waals surface area contributed by atoms with Crippen LogP contribution in [-0.2, 0) is 13.0 Å². The molecule has 2 aliphatic carbocycles. The van der Waals surface area contributed by atoms with E-state index in [1.165, 1.54) is 25.7 Å². The molecule has 0 saturated heterocycles. The topological polar surface area (TPSA) is 42.3 Å². The lowest BCUT2D eigenvalue weighted by Gasteiger charge is -2.17. The number of hydrogen-bond donors (Lipinski definition) is 0. The van der Waals surface area contributed by atoms with E-state index < -0.39 is 0 Å². The van der Waals surface area contributed by atoms with E-state index in [9.17, 15) is 9.59 Å². The van der Waals surface area contributed by atoms with Crippen molar-refractivity contribution in [2.75, 3.05) is 14.1 Å². The summed E-state index contributed by atoms with van der Waals surface area (Å²) in [5.41, 5.74) is 4.75. The molecule has 0 aliphatic heterocycles. The van der Waals surface area contributed by atoms with Crippen LogP contribution < -0.4 is 5.56 Å². The summed E-state index contributed by atoms with van der Waals surface area (Å²) >= 11 is 0. The molecule has 0 radical (unpaired) electrons. The minimum Gasteiger partial charge on any atom is -0.345 e. The van der Waals surface area contributed by atoms with Crippen molar-refractivity contribution < 1.29 is 4.79 Å². The molecular formula is C23H26N2O2. The Morgan fingerprint density at radius 3 is 2.74 bits per heavy atom. The number of amides is 1. The van der Waals surface area contributed by atoms with Crippen molar-refractivity contribution in [1.82, 2.24) is 9.47 Å². The second-order valence-corrected chi connectivity index (χ2v) is 7.93. The summed E-state index contributed by atoms with van der Waals surface area (Å²) in [4.78, 5) is 26.9. The fourth-order valence-electron chi connectivity index (χ4n) is 4.33. The maximum Gasteiger partial charge on any atom is 0.254 e. The molecule has 2 aromatic rings. The molecule has 0 atom stereocenters. The van der Waals surface area contributed by atoms with E-state index in [0.717, 1.165) is 28.8 Å². The molecule has 4 nitrogen and oxygen atoms in total. The van der Waals surface area contributed by atoms with Gasteiger partial charge in [0.25, 0.3) is 11.5 Å². The van der Waals surface area contributed by atoms with Crippen molar-refractivity contribution in [2.45, 2.75) is 38.6 Å². The van der Waals surface area contributed by atoms with Crippen molar-refractivity contribution in [3.05, 3.63) is 63.6 Å². The number of pyridine rings is 1. The summed E-state index contributed by atoms with van der Waals surface area (Å²) in [5.74, 6) is 0.591. The molecule has 0 unspecified atom stereocenters. The average Bonchev–Trinajstić information content (AvgIpc) is 3.35. The van der Waals surface area contributed by atoms with Gasteiger partial charge in [0.1, 0.15) is 0 Å². The third-order valence-corrected chi connectivity index (χ3v) is 5.78. The third-order valence-electron chi connectivity index (χ3n) is 5.78. The van der Waals surface area contributed by atoms with E-state index in [0.29, 0.717) is 17.9 Å².